The predicted octanol–water partition coefficient (Wildman–Crippen LogP) is 2.60. The fourth-order valence-corrected chi connectivity index (χ4v) is 3.26. The number of hydrogen-bond donors (Lipinski definition) is 3. The minimum atomic E-state index is -0.614. The van der Waals surface area contributed by atoms with Gasteiger partial charge in [-0.05, 0) is 42.9 Å². The molecule has 1 fully saturated rings. The van der Waals surface area contributed by atoms with E-state index in [4.69, 9.17) is 0 Å². The molecule has 1 unspecified atom stereocenters. The van der Waals surface area contributed by atoms with Crippen LogP contribution in [-0.2, 0) is 0 Å². The molecule has 1 heterocycles. The highest BCUT2D eigenvalue weighted by Crippen LogP contribution is 2.36. The third-order valence-corrected chi connectivity index (χ3v) is 4.30. The van der Waals surface area contributed by atoms with Crippen LogP contribution in [0.15, 0.2) is 27.8 Å². The van der Waals surface area contributed by atoms with Crippen molar-refractivity contribution in [2.75, 3.05) is 5.32 Å². The number of aromatic amines is 2. The highest BCUT2D eigenvalue weighted by molar-refractivity contribution is 5.78. The largest absolute Gasteiger partial charge is 0.382 e. The van der Waals surface area contributed by atoms with Gasteiger partial charge in [0.15, 0.2) is 0 Å². The summed E-state index contributed by atoms with van der Waals surface area (Å²) in [6, 6.07) is 6.11. The Balaban J connectivity index is 1.86. The molecular weight excluding hydrogens is 266 g/mol. The number of hydrogen-bond acceptors (Lipinski definition) is 3. The molecule has 1 saturated carbocycles. The van der Waals surface area contributed by atoms with Gasteiger partial charge in [0.25, 0.3) is 0 Å². The van der Waals surface area contributed by atoms with Crippen LogP contribution in [0.25, 0.3) is 11.0 Å². The van der Waals surface area contributed by atoms with Gasteiger partial charge in [-0.15, -0.1) is 0 Å². The van der Waals surface area contributed by atoms with Crippen molar-refractivity contribution in [3.05, 3.63) is 38.9 Å². The number of benzene rings is 1. The molecule has 0 bridgehead atoms. The average Bonchev–Trinajstić information content (AvgIpc) is 2.39. The van der Waals surface area contributed by atoms with E-state index in [9.17, 15) is 9.59 Å². The topological polar surface area (TPSA) is 77.8 Å². The molecule has 0 amide bonds. The lowest BCUT2D eigenvalue weighted by Crippen LogP contribution is -2.32. The van der Waals surface area contributed by atoms with Crippen molar-refractivity contribution in [3.8, 4) is 0 Å². The van der Waals surface area contributed by atoms with E-state index >= 15 is 0 Å². The summed E-state index contributed by atoms with van der Waals surface area (Å²) in [5.74, 6) is 0. The number of H-pyrrole nitrogens is 2. The zero-order chi connectivity index (χ0) is 15.0. The van der Waals surface area contributed by atoms with E-state index in [0.29, 0.717) is 22.5 Å². The summed E-state index contributed by atoms with van der Waals surface area (Å²) in [5, 5.41) is 3.55. The highest BCUT2D eigenvalue weighted by Gasteiger charge is 2.27. The zero-order valence-electron chi connectivity index (χ0n) is 12.5. The second kappa shape index (κ2) is 5.06. The number of fused-ring (bicyclic) bond motifs is 1. The van der Waals surface area contributed by atoms with Crippen molar-refractivity contribution in [1.29, 1.82) is 0 Å². The Bertz CT molecular complexity index is 773. The van der Waals surface area contributed by atoms with Gasteiger partial charge in [0.2, 0.25) is 0 Å². The first-order valence-corrected chi connectivity index (χ1v) is 7.46. The van der Waals surface area contributed by atoms with Crippen molar-refractivity contribution in [3.63, 3.8) is 0 Å². The molecule has 3 N–H and O–H groups in total. The van der Waals surface area contributed by atoms with Crippen LogP contribution >= 0.6 is 0 Å². The maximum atomic E-state index is 11.4. The Morgan fingerprint density at radius 1 is 1.14 bits per heavy atom. The fourth-order valence-electron chi connectivity index (χ4n) is 3.26. The quantitative estimate of drug-likeness (QED) is 0.743. The van der Waals surface area contributed by atoms with Crippen molar-refractivity contribution < 1.29 is 0 Å². The van der Waals surface area contributed by atoms with Crippen LogP contribution in [0.2, 0.25) is 0 Å². The summed E-state index contributed by atoms with van der Waals surface area (Å²) in [6.07, 6.45) is 4.83. The molecule has 5 nitrogen and oxygen atoms in total. The molecular formula is C16H21N3O2. The van der Waals surface area contributed by atoms with Crippen LogP contribution in [-0.4, -0.2) is 16.0 Å². The first-order valence-electron chi connectivity index (χ1n) is 7.46. The van der Waals surface area contributed by atoms with Gasteiger partial charge in [-0.25, -0.2) is 0 Å². The molecule has 1 aliphatic carbocycles. The fraction of sp³-hybridized carbons (Fsp3) is 0.500. The second-order valence-corrected chi connectivity index (χ2v) is 6.77. The Morgan fingerprint density at radius 3 is 2.57 bits per heavy atom. The van der Waals surface area contributed by atoms with Crippen molar-refractivity contribution in [2.24, 2.45) is 5.41 Å². The van der Waals surface area contributed by atoms with Crippen LogP contribution in [0.5, 0.6) is 0 Å². The number of rotatable bonds is 2. The molecule has 0 saturated heterocycles. The first kappa shape index (κ1) is 13.9. The van der Waals surface area contributed by atoms with E-state index in [1.54, 1.807) is 0 Å². The van der Waals surface area contributed by atoms with Gasteiger partial charge >= 0.3 is 11.1 Å². The molecule has 0 spiro atoms. The Labute approximate surface area is 122 Å². The van der Waals surface area contributed by atoms with Crippen LogP contribution in [0.4, 0.5) is 5.69 Å². The van der Waals surface area contributed by atoms with Crippen molar-refractivity contribution in [2.45, 2.75) is 45.6 Å². The van der Waals surface area contributed by atoms with Crippen molar-refractivity contribution >= 4 is 16.7 Å². The Morgan fingerprint density at radius 2 is 1.86 bits per heavy atom. The number of aromatic nitrogens is 2. The standard InChI is InChI=1S/C16H21N3O2/c1-16(2)7-3-4-11(9-16)17-10-5-6-12-13(8-10)19-15(21)14(20)18-12/h5-6,8,11,17H,3-4,7,9H2,1-2H3,(H,18,20)(H,19,21). The van der Waals surface area contributed by atoms with Crippen LogP contribution in [0.3, 0.4) is 0 Å². The predicted molar refractivity (Wildman–Crippen MR) is 84.8 cm³/mol. The van der Waals surface area contributed by atoms with E-state index in [-0.39, 0.29) is 0 Å². The molecule has 21 heavy (non-hydrogen) atoms. The van der Waals surface area contributed by atoms with Gasteiger partial charge in [-0.1, -0.05) is 20.3 Å². The summed E-state index contributed by atoms with van der Waals surface area (Å²) in [7, 11) is 0. The molecule has 112 valence electrons. The highest BCUT2D eigenvalue weighted by atomic mass is 16.2. The minimum Gasteiger partial charge on any atom is -0.382 e. The van der Waals surface area contributed by atoms with Crippen LogP contribution in [0.1, 0.15) is 39.5 Å². The first-order chi connectivity index (χ1) is 9.93. The lowest BCUT2D eigenvalue weighted by molar-refractivity contribution is 0.229. The van der Waals surface area contributed by atoms with Gasteiger partial charge in [0.05, 0.1) is 11.0 Å². The molecule has 0 radical (unpaired) electrons. The van der Waals surface area contributed by atoms with E-state index in [0.717, 1.165) is 12.1 Å². The van der Waals surface area contributed by atoms with E-state index < -0.39 is 11.1 Å². The van der Waals surface area contributed by atoms with E-state index in [1.165, 1.54) is 19.3 Å². The third-order valence-electron chi connectivity index (χ3n) is 4.30. The van der Waals surface area contributed by atoms with Crippen molar-refractivity contribution in [1.82, 2.24) is 9.97 Å². The average molecular weight is 287 g/mol. The molecule has 1 aliphatic rings. The smallest absolute Gasteiger partial charge is 0.314 e. The number of anilines is 1. The normalized spacial score (nSPS) is 21.3. The third kappa shape index (κ3) is 3.01. The SMILES string of the molecule is CC1(C)CCCC(Nc2ccc3[nH]c(=O)c(=O)[nH]c3c2)C1. The zero-order valence-corrected chi connectivity index (χ0v) is 12.5. The summed E-state index contributed by atoms with van der Waals surface area (Å²) < 4.78 is 0. The lowest BCUT2D eigenvalue weighted by Gasteiger charge is -2.36. The summed E-state index contributed by atoms with van der Waals surface area (Å²) in [6.45, 7) is 4.62. The van der Waals surface area contributed by atoms with Gasteiger partial charge in [0, 0.05) is 11.7 Å². The summed E-state index contributed by atoms with van der Waals surface area (Å²) in [5.41, 5.74) is 1.43. The Hall–Kier alpha value is -2.04. The monoisotopic (exact) mass is 287 g/mol. The molecule has 1 atom stereocenters. The minimum absolute atomic E-state index is 0.381. The van der Waals surface area contributed by atoms with Gasteiger partial charge < -0.3 is 15.3 Å². The molecule has 1 aromatic carbocycles. The summed E-state index contributed by atoms with van der Waals surface area (Å²) in [4.78, 5) is 27.9. The van der Waals surface area contributed by atoms with E-state index in [2.05, 4.69) is 29.1 Å². The molecule has 0 aliphatic heterocycles. The maximum absolute atomic E-state index is 11.4. The molecule has 3 rings (SSSR count). The summed E-state index contributed by atoms with van der Waals surface area (Å²) >= 11 is 0. The molecule has 5 heteroatoms. The Kier molecular flexibility index (Phi) is 3.35. The lowest BCUT2D eigenvalue weighted by atomic mass is 9.75. The molecule has 2 aromatic rings. The van der Waals surface area contributed by atoms with Crippen LogP contribution in [0, 0.1) is 5.41 Å². The molecule has 1 aromatic heterocycles. The van der Waals surface area contributed by atoms with Gasteiger partial charge in [-0.3, -0.25) is 9.59 Å². The van der Waals surface area contributed by atoms with Gasteiger partial charge in [-0.2, -0.15) is 0 Å². The van der Waals surface area contributed by atoms with E-state index in [1.807, 2.05) is 18.2 Å². The van der Waals surface area contributed by atoms with Gasteiger partial charge in [0.1, 0.15) is 0 Å². The maximum Gasteiger partial charge on any atom is 0.314 e. The number of nitrogens with one attached hydrogen (secondary N) is 3. The van der Waals surface area contributed by atoms with Crippen LogP contribution < -0.4 is 16.4 Å². The second-order valence-electron chi connectivity index (χ2n) is 6.77.